The number of amides is 1. The van der Waals surface area contributed by atoms with E-state index < -0.39 is 5.25 Å². The maximum atomic E-state index is 13.0. The summed E-state index contributed by atoms with van der Waals surface area (Å²) >= 11 is 7.21. The van der Waals surface area contributed by atoms with E-state index in [2.05, 4.69) is 5.10 Å². The van der Waals surface area contributed by atoms with Gasteiger partial charge in [-0.1, -0.05) is 23.7 Å². The first-order chi connectivity index (χ1) is 13.5. The molecule has 28 heavy (non-hydrogen) atoms. The second-order valence-corrected chi connectivity index (χ2v) is 8.00. The molecule has 0 fully saturated rings. The van der Waals surface area contributed by atoms with Crippen molar-refractivity contribution in [1.82, 2.24) is 5.01 Å². The number of halogens is 1. The lowest BCUT2D eigenvalue weighted by Gasteiger charge is -2.22. The minimum absolute atomic E-state index is 0.119. The SMILES string of the molecule is CCOC(=O)CS[C@H](C)C(=O)N1N=C(c2ccc(Cl)cc2)C[C@@H]1c1ccco1. The minimum Gasteiger partial charge on any atom is -0.467 e. The van der Waals surface area contributed by atoms with Crippen LogP contribution in [0.3, 0.4) is 0 Å². The summed E-state index contributed by atoms with van der Waals surface area (Å²) in [7, 11) is 0. The highest BCUT2D eigenvalue weighted by atomic mass is 35.5. The Morgan fingerprint density at radius 1 is 1.36 bits per heavy atom. The Kier molecular flexibility index (Phi) is 6.80. The van der Waals surface area contributed by atoms with Crippen LogP contribution in [-0.2, 0) is 14.3 Å². The molecule has 0 saturated carbocycles. The van der Waals surface area contributed by atoms with Crippen LogP contribution >= 0.6 is 23.4 Å². The second kappa shape index (κ2) is 9.30. The van der Waals surface area contributed by atoms with Crippen molar-refractivity contribution in [3.63, 3.8) is 0 Å². The Morgan fingerprint density at radius 2 is 2.11 bits per heavy atom. The third-order valence-electron chi connectivity index (χ3n) is 4.29. The van der Waals surface area contributed by atoms with Crippen molar-refractivity contribution in [1.29, 1.82) is 0 Å². The first kappa shape index (κ1) is 20.5. The van der Waals surface area contributed by atoms with Crippen LogP contribution in [0.2, 0.25) is 5.02 Å². The highest BCUT2D eigenvalue weighted by Gasteiger charge is 2.37. The number of rotatable bonds is 7. The molecule has 1 aliphatic rings. The number of hydrazone groups is 1. The van der Waals surface area contributed by atoms with Crippen molar-refractivity contribution in [3.8, 4) is 0 Å². The fourth-order valence-corrected chi connectivity index (χ4v) is 3.73. The number of esters is 1. The van der Waals surface area contributed by atoms with Gasteiger partial charge in [-0.25, -0.2) is 5.01 Å². The molecular formula is C20H21ClN2O4S. The summed E-state index contributed by atoms with van der Waals surface area (Å²) in [6.45, 7) is 3.84. The van der Waals surface area contributed by atoms with E-state index in [1.165, 1.54) is 16.8 Å². The van der Waals surface area contributed by atoms with Crippen LogP contribution in [-0.4, -0.2) is 40.2 Å². The van der Waals surface area contributed by atoms with E-state index in [0.29, 0.717) is 23.8 Å². The molecule has 2 atom stereocenters. The molecular weight excluding hydrogens is 400 g/mol. The van der Waals surface area contributed by atoms with E-state index in [9.17, 15) is 9.59 Å². The number of thioether (sulfide) groups is 1. The Bertz CT molecular complexity index is 852. The quantitative estimate of drug-likeness (QED) is 0.624. The molecule has 0 unspecified atom stereocenters. The zero-order chi connectivity index (χ0) is 20.1. The van der Waals surface area contributed by atoms with Crippen molar-refractivity contribution in [2.75, 3.05) is 12.4 Å². The van der Waals surface area contributed by atoms with Crippen LogP contribution in [0, 0.1) is 0 Å². The van der Waals surface area contributed by atoms with Gasteiger partial charge in [0.05, 0.1) is 29.6 Å². The van der Waals surface area contributed by atoms with E-state index in [4.69, 9.17) is 20.8 Å². The van der Waals surface area contributed by atoms with Crippen molar-refractivity contribution in [2.45, 2.75) is 31.6 Å². The van der Waals surface area contributed by atoms with Gasteiger partial charge in [-0.15, -0.1) is 11.8 Å². The van der Waals surface area contributed by atoms with Gasteiger partial charge in [0.15, 0.2) is 0 Å². The lowest BCUT2D eigenvalue weighted by molar-refractivity contribution is -0.139. The van der Waals surface area contributed by atoms with Gasteiger partial charge < -0.3 is 9.15 Å². The highest BCUT2D eigenvalue weighted by molar-refractivity contribution is 8.01. The molecule has 0 N–H and O–H groups in total. The first-order valence-corrected chi connectivity index (χ1v) is 10.4. The third-order valence-corrected chi connectivity index (χ3v) is 5.65. The normalized spacial score (nSPS) is 17.3. The molecule has 1 aliphatic heterocycles. The molecule has 0 radical (unpaired) electrons. The molecule has 6 nitrogen and oxygen atoms in total. The van der Waals surface area contributed by atoms with Gasteiger partial charge in [-0.3, -0.25) is 9.59 Å². The second-order valence-electron chi connectivity index (χ2n) is 6.23. The van der Waals surface area contributed by atoms with E-state index in [1.54, 1.807) is 38.3 Å². The Labute approximate surface area is 172 Å². The summed E-state index contributed by atoms with van der Waals surface area (Å²) in [6.07, 6.45) is 2.12. The Morgan fingerprint density at radius 3 is 2.75 bits per heavy atom. The molecule has 0 spiro atoms. The molecule has 2 aromatic rings. The van der Waals surface area contributed by atoms with Crippen molar-refractivity contribution in [2.24, 2.45) is 5.10 Å². The Balaban J connectivity index is 1.78. The van der Waals surface area contributed by atoms with Crippen LogP contribution in [0.5, 0.6) is 0 Å². The number of carbonyl (C=O) groups excluding carboxylic acids is 2. The molecule has 0 aliphatic carbocycles. The highest BCUT2D eigenvalue weighted by Crippen LogP contribution is 2.34. The minimum atomic E-state index is -0.449. The molecule has 0 saturated heterocycles. The number of carbonyl (C=O) groups is 2. The largest absolute Gasteiger partial charge is 0.467 e. The smallest absolute Gasteiger partial charge is 0.315 e. The monoisotopic (exact) mass is 420 g/mol. The van der Waals surface area contributed by atoms with Gasteiger partial charge in [0, 0.05) is 11.4 Å². The molecule has 3 rings (SSSR count). The summed E-state index contributed by atoms with van der Waals surface area (Å²) in [6, 6.07) is 10.7. The summed E-state index contributed by atoms with van der Waals surface area (Å²) in [5, 5.41) is 6.23. The number of hydrogen-bond donors (Lipinski definition) is 0. The fraction of sp³-hybridized carbons (Fsp3) is 0.350. The molecule has 148 valence electrons. The van der Waals surface area contributed by atoms with Crippen LogP contribution in [0.15, 0.2) is 52.2 Å². The van der Waals surface area contributed by atoms with Crippen molar-refractivity contribution >= 4 is 41.0 Å². The van der Waals surface area contributed by atoms with Gasteiger partial charge in [0.2, 0.25) is 0 Å². The van der Waals surface area contributed by atoms with Crippen LogP contribution < -0.4 is 0 Å². The summed E-state index contributed by atoms with van der Waals surface area (Å²) < 4.78 is 10.5. The van der Waals surface area contributed by atoms with Crippen LogP contribution in [0.1, 0.15) is 37.6 Å². The van der Waals surface area contributed by atoms with Gasteiger partial charge in [-0.2, -0.15) is 5.10 Å². The van der Waals surface area contributed by atoms with E-state index in [0.717, 1.165) is 11.3 Å². The average molecular weight is 421 g/mol. The molecule has 1 amide bonds. The van der Waals surface area contributed by atoms with Gasteiger partial charge in [0.1, 0.15) is 11.8 Å². The number of nitrogens with zero attached hydrogens (tertiary/aromatic N) is 2. The van der Waals surface area contributed by atoms with Crippen molar-refractivity contribution in [3.05, 3.63) is 59.0 Å². The molecule has 8 heteroatoms. The predicted molar refractivity (Wildman–Crippen MR) is 109 cm³/mol. The molecule has 1 aromatic carbocycles. The summed E-state index contributed by atoms with van der Waals surface area (Å²) in [4.78, 5) is 24.6. The van der Waals surface area contributed by atoms with Crippen LogP contribution in [0.25, 0.3) is 0 Å². The van der Waals surface area contributed by atoms with E-state index in [1.807, 2.05) is 18.2 Å². The standard InChI is InChI=1S/C20H21ClN2O4S/c1-3-26-19(24)12-28-13(2)20(25)23-17(18-5-4-10-27-18)11-16(22-23)14-6-8-15(21)9-7-14/h4-10,13,17H,3,11-12H2,1-2H3/t13-,17-/m1/s1. The summed E-state index contributed by atoms with van der Waals surface area (Å²) in [5.74, 6) is 0.276. The van der Waals surface area contributed by atoms with E-state index >= 15 is 0 Å². The lowest BCUT2D eigenvalue weighted by Crippen LogP contribution is -2.33. The summed E-state index contributed by atoms with van der Waals surface area (Å²) in [5.41, 5.74) is 1.69. The number of ether oxygens (including phenoxy) is 1. The topological polar surface area (TPSA) is 72.1 Å². The number of hydrogen-bond acceptors (Lipinski definition) is 6. The van der Waals surface area contributed by atoms with Gasteiger partial charge in [-0.05, 0) is 43.7 Å². The fourth-order valence-electron chi connectivity index (χ4n) is 2.89. The predicted octanol–water partition coefficient (Wildman–Crippen LogP) is 4.30. The maximum absolute atomic E-state index is 13.0. The zero-order valence-corrected chi connectivity index (χ0v) is 17.2. The number of benzene rings is 1. The van der Waals surface area contributed by atoms with Gasteiger partial charge in [0.25, 0.3) is 5.91 Å². The van der Waals surface area contributed by atoms with Gasteiger partial charge >= 0.3 is 5.97 Å². The molecule has 2 heterocycles. The zero-order valence-electron chi connectivity index (χ0n) is 15.6. The van der Waals surface area contributed by atoms with Crippen molar-refractivity contribution < 1.29 is 18.7 Å². The molecule has 1 aromatic heterocycles. The third kappa shape index (κ3) is 4.77. The maximum Gasteiger partial charge on any atom is 0.315 e. The van der Waals surface area contributed by atoms with Crippen LogP contribution in [0.4, 0.5) is 0 Å². The first-order valence-electron chi connectivity index (χ1n) is 8.96. The average Bonchev–Trinajstić information content (AvgIpc) is 3.36. The Hall–Kier alpha value is -2.25. The number of furan rings is 1. The lowest BCUT2D eigenvalue weighted by atomic mass is 10.0. The van der Waals surface area contributed by atoms with E-state index in [-0.39, 0.29) is 23.7 Å². The molecule has 0 bridgehead atoms.